The van der Waals surface area contributed by atoms with Gasteiger partial charge in [-0.3, -0.25) is 9.59 Å². The summed E-state index contributed by atoms with van der Waals surface area (Å²) in [7, 11) is 0. The van der Waals surface area contributed by atoms with Gasteiger partial charge in [-0.2, -0.15) is 13.2 Å². The highest BCUT2D eigenvalue weighted by atomic mass is 32.2. The molecule has 2 aromatic rings. The lowest BCUT2D eigenvalue weighted by molar-refractivity contribution is -0.123. The van der Waals surface area contributed by atoms with Crippen LogP contribution in [0.4, 0.5) is 29.5 Å². The zero-order valence-corrected chi connectivity index (χ0v) is 23.8. The predicted molar refractivity (Wildman–Crippen MR) is 148 cm³/mol. The van der Waals surface area contributed by atoms with Crippen molar-refractivity contribution in [3.05, 3.63) is 48.2 Å². The van der Waals surface area contributed by atoms with E-state index in [0.717, 1.165) is 18.0 Å². The summed E-state index contributed by atoms with van der Waals surface area (Å²) < 4.78 is 38.0. The number of piperidine rings is 1. The maximum absolute atomic E-state index is 13.4. The van der Waals surface area contributed by atoms with Crippen LogP contribution in [0, 0.1) is 11.8 Å². The fraction of sp³-hybridized carbons (Fsp3) is 0.500. The number of carbonyl (C=O) groups excluding carboxylic acids is 3. The van der Waals surface area contributed by atoms with Crippen LogP contribution in [0.3, 0.4) is 0 Å². The number of hydrogen-bond acceptors (Lipinski definition) is 6. The number of imide groups is 1. The molecule has 2 saturated heterocycles. The second kappa shape index (κ2) is 11.8. The van der Waals surface area contributed by atoms with E-state index in [0.29, 0.717) is 36.2 Å². The molecule has 1 aromatic heterocycles. The lowest BCUT2D eigenvalue weighted by Gasteiger charge is -2.34. The zero-order valence-electron chi connectivity index (χ0n) is 23.0. The van der Waals surface area contributed by atoms with Gasteiger partial charge in [0.15, 0.2) is 0 Å². The van der Waals surface area contributed by atoms with E-state index in [1.165, 1.54) is 41.8 Å². The number of nitrogens with one attached hydrogen (secondary N) is 1. The minimum Gasteiger partial charge on any atom is -0.311 e. The molecule has 216 valence electrons. The molecule has 4 amide bonds. The fourth-order valence-electron chi connectivity index (χ4n) is 5.39. The number of rotatable bonds is 8. The summed E-state index contributed by atoms with van der Waals surface area (Å²) in [6.45, 7) is 10.4. The molecule has 2 unspecified atom stereocenters. The number of nitrogens with zero attached hydrogens (tertiary/aromatic N) is 4. The van der Waals surface area contributed by atoms with Gasteiger partial charge in [-0.25, -0.2) is 14.7 Å². The van der Waals surface area contributed by atoms with E-state index in [-0.39, 0.29) is 34.8 Å². The van der Waals surface area contributed by atoms with Gasteiger partial charge in [-0.1, -0.05) is 13.8 Å². The van der Waals surface area contributed by atoms with E-state index in [9.17, 15) is 27.6 Å². The van der Waals surface area contributed by atoms with Crippen LogP contribution in [0.25, 0.3) is 0 Å². The SMILES string of the molecule is CC1CC(C)CN(CCC(=O)Nc2cc(CN3C(=O)N(c4ccc(SC(F)(F)F)cc4)C(=O)C3(C)C)ccn2)C1. The zero-order chi connectivity index (χ0) is 29.2. The number of urea groups is 1. The molecular formula is C28H34F3N5O3S. The quantitative estimate of drug-likeness (QED) is 0.318. The number of amides is 4. The van der Waals surface area contributed by atoms with Crippen LogP contribution in [0.15, 0.2) is 47.5 Å². The van der Waals surface area contributed by atoms with E-state index >= 15 is 0 Å². The number of likely N-dealkylation sites (tertiary alicyclic amines) is 1. The van der Waals surface area contributed by atoms with Crippen molar-refractivity contribution in [1.29, 1.82) is 0 Å². The van der Waals surface area contributed by atoms with E-state index in [1.54, 1.807) is 26.0 Å². The summed E-state index contributed by atoms with van der Waals surface area (Å²) in [6.07, 6.45) is 3.07. The van der Waals surface area contributed by atoms with Gasteiger partial charge in [0, 0.05) is 43.7 Å². The maximum atomic E-state index is 13.4. The lowest BCUT2D eigenvalue weighted by Crippen LogP contribution is -2.43. The molecule has 0 radical (unpaired) electrons. The van der Waals surface area contributed by atoms with Crippen molar-refractivity contribution in [2.75, 3.05) is 29.9 Å². The van der Waals surface area contributed by atoms with Gasteiger partial charge in [0.05, 0.1) is 5.69 Å². The maximum Gasteiger partial charge on any atom is 0.446 e. The molecule has 0 aliphatic carbocycles. The van der Waals surface area contributed by atoms with Crippen molar-refractivity contribution < 1.29 is 27.6 Å². The predicted octanol–water partition coefficient (Wildman–Crippen LogP) is 5.75. The van der Waals surface area contributed by atoms with Crippen molar-refractivity contribution in [1.82, 2.24) is 14.8 Å². The topological polar surface area (TPSA) is 85.9 Å². The first-order valence-electron chi connectivity index (χ1n) is 13.2. The Balaban J connectivity index is 1.40. The number of aromatic nitrogens is 1. The van der Waals surface area contributed by atoms with Crippen molar-refractivity contribution in [3.8, 4) is 0 Å². The Bertz CT molecular complexity index is 1240. The Labute approximate surface area is 236 Å². The summed E-state index contributed by atoms with van der Waals surface area (Å²) in [5.74, 6) is 0.934. The Morgan fingerprint density at radius 2 is 1.75 bits per heavy atom. The van der Waals surface area contributed by atoms with Crippen LogP contribution < -0.4 is 10.2 Å². The average Bonchev–Trinajstić information content (AvgIpc) is 3.01. The van der Waals surface area contributed by atoms with Crippen molar-refractivity contribution >= 4 is 41.1 Å². The number of anilines is 2. The Kier molecular flexibility index (Phi) is 8.79. The van der Waals surface area contributed by atoms with Gasteiger partial charge in [0.1, 0.15) is 11.4 Å². The minimum absolute atomic E-state index is 0.0436. The first kappa shape index (κ1) is 29.9. The molecule has 3 heterocycles. The van der Waals surface area contributed by atoms with Crippen molar-refractivity contribution in [2.45, 2.75) is 63.0 Å². The summed E-state index contributed by atoms with van der Waals surface area (Å²) in [5, 5.41) is 2.83. The Morgan fingerprint density at radius 3 is 2.38 bits per heavy atom. The molecule has 2 aliphatic heterocycles. The smallest absolute Gasteiger partial charge is 0.311 e. The summed E-state index contributed by atoms with van der Waals surface area (Å²) >= 11 is -0.266. The van der Waals surface area contributed by atoms with Crippen molar-refractivity contribution in [3.63, 3.8) is 0 Å². The molecule has 8 nitrogen and oxygen atoms in total. The first-order valence-corrected chi connectivity index (χ1v) is 14.0. The second-order valence-corrected chi connectivity index (χ2v) is 12.3. The van der Waals surface area contributed by atoms with Gasteiger partial charge < -0.3 is 15.1 Å². The number of pyridine rings is 1. The lowest BCUT2D eigenvalue weighted by atomic mass is 9.92. The fourth-order valence-corrected chi connectivity index (χ4v) is 5.93. The summed E-state index contributed by atoms with van der Waals surface area (Å²) in [5.41, 5.74) is -4.78. The van der Waals surface area contributed by atoms with Crippen LogP contribution in [0.5, 0.6) is 0 Å². The highest BCUT2D eigenvalue weighted by Gasteiger charge is 2.51. The van der Waals surface area contributed by atoms with E-state index in [4.69, 9.17) is 0 Å². The van der Waals surface area contributed by atoms with Gasteiger partial charge in [0.25, 0.3) is 5.91 Å². The number of carbonyl (C=O) groups is 3. The molecule has 1 N–H and O–H groups in total. The van der Waals surface area contributed by atoms with Crippen LogP contribution in [0.2, 0.25) is 0 Å². The molecule has 2 atom stereocenters. The highest BCUT2D eigenvalue weighted by Crippen LogP contribution is 2.39. The van der Waals surface area contributed by atoms with Gasteiger partial charge in [-0.05, 0) is 85.8 Å². The average molecular weight is 578 g/mol. The molecule has 40 heavy (non-hydrogen) atoms. The standard InChI is InChI=1S/C28H34F3N5O3S/c1-18-13-19(2)16-34(15-18)12-10-24(37)33-23-14-20(9-11-32-23)17-35-26(39)36(25(38)27(35,3)4)21-5-7-22(8-6-21)40-28(29,30)31/h5-9,11,14,18-19H,10,12-13,15-17H2,1-4H3,(H,32,33,37). The monoisotopic (exact) mass is 577 g/mol. The largest absolute Gasteiger partial charge is 0.446 e. The van der Waals surface area contributed by atoms with E-state index < -0.39 is 23.0 Å². The normalized spacial score (nSPS) is 21.7. The number of halogens is 3. The molecule has 2 fully saturated rings. The molecule has 0 saturated carbocycles. The van der Waals surface area contributed by atoms with Gasteiger partial charge in [-0.15, -0.1) is 0 Å². The van der Waals surface area contributed by atoms with Crippen LogP contribution in [0.1, 0.15) is 46.1 Å². The van der Waals surface area contributed by atoms with Crippen LogP contribution in [-0.2, 0) is 16.1 Å². The summed E-state index contributed by atoms with van der Waals surface area (Å²) in [4.78, 5) is 48.1. The molecule has 12 heteroatoms. The number of benzene rings is 1. The third-order valence-electron chi connectivity index (χ3n) is 7.18. The third-order valence-corrected chi connectivity index (χ3v) is 7.92. The van der Waals surface area contributed by atoms with Crippen LogP contribution >= 0.6 is 11.8 Å². The number of alkyl halides is 3. The van der Waals surface area contributed by atoms with E-state index in [1.807, 2.05) is 0 Å². The molecule has 4 rings (SSSR count). The first-order chi connectivity index (χ1) is 18.7. The van der Waals surface area contributed by atoms with E-state index in [2.05, 4.69) is 29.0 Å². The van der Waals surface area contributed by atoms with Gasteiger partial charge in [0.2, 0.25) is 5.91 Å². The Morgan fingerprint density at radius 1 is 1.10 bits per heavy atom. The molecule has 2 aliphatic rings. The number of thioether (sulfide) groups is 1. The van der Waals surface area contributed by atoms with Gasteiger partial charge >= 0.3 is 11.5 Å². The Hall–Kier alpha value is -3.12. The molecule has 0 bridgehead atoms. The van der Waals surface area contributed by atoms with Crippen molar-refractivity contribution in [2.24, 2.45) is 11.8 Å². The minimum atomic E-state index is -4.44. The molecular weight excluding hydrogens is 543 g/mol. The highest BCUT2D eigenvalue weighted by molar-refractivity contribution is 8.00. The summed E-state index contributed by atoms with van der Waals surface area (Å²) in [6, 6.07) is 7.90. The molecule has 0 spiro atoms. The third kappa shape index (κ3) is 7.14. The number of hydrogen-bond donors (Lipinski definition) is 1. The van der Waals surface area contributed by atoms with Crippen LogP contribution in [-0.4, -0.2) is 63.3 Å². The second-order valence-electron chi connectivity index (χ2n) is 11.2. The molecule has 1 aromatic carbocycles.